The van der Waals surface area contributed by atoms with Gasteiger partial charge >= 0.3 is 0 Å². The van der Waals surface area contributed by atoms with E-state index in [1.807, 2.05) is 20.8 Å². The largest absolute Gasteiger partial charge is 0.385 e. The Morgan fingerprint density at radius 2 is 0.635 bits per heavy atom. The molecule has 0 amide bonds. The highest BCUT2D eigenvalue weighted by molar-refractivity contribution is 7.95. The molecule has 6 heterocycles. The Morgan fingerprint density at radius 3 is 0.939 bits per heavy atom. The van der Waals surface area contributed by atoms with Crippen LogP contribution >= 0.6 is 34.0 Å². The lowest BCUT2D eigenvalue weighted by Gasteiger charge is -2.32. The number of unbranched alkanes of at least 4 members (excludes halogenated alkanes) is 33. The van der Waals surface area contributed by atoms with E-state index >= 15 is 0 Å². The second kappa shape index (κ2) is 58.5. The maximum atomic E-state index is 13.2. The number of hydrogen-bond acceptors (Lipinski definition) is 19. The minimum atomic E-state index is -3.95. The molecule has 0 saturated heterocycles. The van der Waals surface area contributed by atoms with Crippen LogP contribution in [0.1, 0.15) is 340 Å². The van der Waals surface area contributed by atoms with Gasteiger partial charge in [-0.2, -0.15) is 51.4 Å². The zero-order chi connectivity index (χ0) is 84.3. The summed E-state index contributed by atoms with van der Waals surface area (Å²) < 4.78 is 175. The molecule has 3 aliphatic heterocycles. The van der Waals surface area contributed by atoms with E-state index in [-0.39, 0.29) is 63.0 Å². The molecule has 0 saturated carbocycles. The molecule has 0 radical (unpaired) electrons. The molecule has 22 nitrogen and oxygen atoms in total. The molecule has 3 aliphatic rings. The Labute approximate surface area is 709 Å². The van der Waals surface area contributed by atoms with Crippen LogP contribution in [0, 0.1) is 0 Å². The smallest absolute Gasteiger partial charge is 0.291 e. The standard InChI is InChI=1S/C30H53N3O5S3.C27H47N3O4S3.C27H45N3O4S3/c1-4-6-7-8-9-10-11-12-13-14-15-16-17-18-19-20-22-32-40(34,35)29-25-27-28(31-5-2)26-33(23-21-24-38-3)41(36,37)30(27)39-29;2*1-4-6-7-8-9-10-11-12-13-14-15-16-17-18-19-20-21-29-36(31,32)26-22-24-25(28-5-2)23-30(3)37(33,34)27(24)35-26/h12-13,22,25,28,31H,4-11,14-21,23-24,26H2,1-3H3;12-13,21-22,25,28H,4-11,14-20,23H2,1-3H3;9-10,12-13,21-22,25,28H,4-8,11,14-20,23H2,1-3H3/b13-12+,32-22?;13-12+,29-21?;10-9+,13-12+,29-21?/t28-;2*25-/m000/s1. The number of methoxy groups -OCH3 is 1. The second-order valence-corrected chi connectivity index (χ2v) is 45.4. The van der Waals surface area contributed by atoms with E-state index in [0.717, 1.165) is 117 Å². The Balaban J connectivity index is 0.000000364. The Bertz CT molecular complexity index is 4130. The summed E-state index contributed by atoms with van der Waals surface area (Å²) in [5.74, 6) is 0. The molecule has 3 atom stereocenters. The lowest BCUT2D eigenvalue weighted by atomic mass is 10.1. The van der Waals surface area contributed by atoms with Gasteiger partial charge in [-0.1, -0.05) is 225 Å². The summed E-state index contributed by atoms with van der Waals surface area (Å²) in [7, 11) is -18.3. The average molecular weight is 1780 g/mol. The van der Waals surface area contributed by atoms with Crippen LogP contribution in [0.25, 0.3) is 0 Å². The third-order valence-electron chi connectivity index (χ3n) is 20.3. The van der Waals surface area contributed by atoms with Crippen molar-refractivity contribution in [1.29, 1.82) is 0 Å². The molecule has 115 heavy (non-hydrogen) atoms. The van der Waals surface area contributed by atoms with Crippen LogP contribution in [-0.2, 0) is 64.9 Å². The monoisotopic (exact) mass is 1780 g/mol. The first-order valence-corrected chi connectivity index (χ1v) is 54.3. The van der Waals surface area contributed by atoms with Crippen LogP contribution in [0.3, 0.4) is 0 Å². The highest BCUT2D eigenvalue weighted by Crippen LogP contribution is 2.43. The number of hydrogen-bond donors (Lipinski definition) is 3. The van der Waals surface area contributed by atoms with Gasteiger partial charge in [-0.3, -0.25) is 0 Å². The van der Waals surface area contributed by atoms with Gasteiger partial charge in [0.25, 0.3) is 60.1 Å². The van der Waals surface area contributed by atoms with Crippen LogP contribution in [0.15, 0.2) is 105 Å². The van der Waals surface area contributed by atoms with E-state index in [9.17, 15) is 50.5 Å². The summed E-state index contributed by atoms with van der Waals surface area (Å²) in [5.41, 5.74) is 1.56. The van der Waals surface area contributed by atoms with Gasteiger partial charge in [-0.25, -0.2) is 25.3 Å². The molecule has 31 heteroatoms. The maximum absolute atomic E-state index is 13.2. The predicted molar refractivity (Wildman–Crippen MR) is 482 cm³/mol. The third kappa shape index (κ3) is 38.2. The van der Waals surface area contributed by atoms with E-state index in [4.69, 9.17) is 4.74 Å². The molecule has 0 aliphatic carbocycles. The Hall–Kier alpha value is -3.51. The molecule has 0 fully saturated rings. The minimum absolute atomic E-state index is 0.0138. The number of sulfonamides is 6. The number of rotatable bonds is 60. The molecular weight excluding hydrogens is 1630 g/mol. The fourth-order valence-electron chi connectivity index (χ4n) is 13.6. The summed E-state index contributed by atoms with van der Waals surface area (Å²) in [5, 5.41) is 9.78. The topological polar surface area (TPSA) is 297 Å². The number of nitrogens with zero attached hydrogens (tertiary/aromatic N) is 6. The Morgan fingerprint density at radius 1 is 0.374 bits per heavy atom. The number of thiophene rings is 3. The van der Waals surface area contributed by atoms with Gasteiger partial charge in [-0.15, -0.1) is 34.0 Å². The fraction of sp³-hybridized carbons (Fsp3) is 0.726. The van der Waals surface area contributed by atoms with E-state index in [0.29, 0.717) is 75.2 Å². The van der Waals surface area contributed by atoms with Crippen molar-refractivity contribution in [1.82, 2.24) is 28.9 Å². The molecule has 3 aromatic rings. The normalized spacial score (nSPS) is 18.0. The molecule has 0 unspecified atom stereocenters. The van der Waals surface area contributed by atoms with Crippen LogP contribution < -0.4 is 16.0 Å². The molecule has 3 aromatic heterocycles. The molecule has 658 valence electrons. The van der Waals surface area contributed by atoms with Gasteiger partial charge in [0.2, 0.25) is 0 Å². The number of fused-ring (bicyclic) bond motifs is 3. The molecule has 0 spiro atoms. The van der Waals surface area contributed by atoms with Gasteiger partial charge in [0, 0.05) is 107 Å². The SMILES string of the molecule is CCCCC/C=C/C/C=C/CCCCCCCC=NS(=O)(=O)c1cc2c(s1)S(=O)(=O)N(C)C[C@@H]2NCC.CCCCCCCC/C=C/CCCCCCCC=NS(=O)(=O)c1cc2c(s1)S(=O)(=O)N(C)C[C@@H]2NCC.CCCCCCCC/C=C/CCCCCCCC=NS(=O)(=O)c1cc2c(s1)S(=O)(=O)N(CCCOC)C[C@@H]2NCC. The van der Waals surface area contributed by atoms with E-state index < -0.39 is 60.1 Å². The molecule has 0 bridgehead atoms. The number of ether oxygens (including phenoxy) is 1. The second-order valence-electron chi connectivity index (χ2n) is 30.1. The molecular formula is C84H145N9O13S9. The maximum Gasteiger partial charge on any atom is 0.291 e. The van der Waals surface area contributed by atoms with Crippen LogP contribution in [0.5, 0.6) is 0 Å². The highest BCUT2D eigenvalue weighted by Gasteiger charge is 2.42. The first kappa shape index (κ1) is 104. The van der Waals surface area contributed by atoms with Crippen molar-refractivity contribution in [2.45, 2.75) is 348 Å². The molecule has 3 N–H and O–H groups in total. The Kier molecular flexibility index (Phi) is 52.8. The van der Waals surface area contributed by atoms with Crippen molar-refractivity contribution in [2.24, 2.45) is 13.2 Å². The molecule has 6 rings (SSSR count). The van der Waals surface area contributed by atoms with Crippen molar-refractivity contribution in [3.63, 3.8) is 0 Å². The summed E-state index contributed by atoms with van der Waals surface area (Å²) in [6, 6.07) is 3.72. The third-order valence-corrected chi connectivity index (χ3v) is 36.1. The van der Waals surface area contributed by atoms with Gasteiger partial charge < -0.3 is 20.7 Å². The summed E-state index contributed by atoms with van der Waals surface area (Å²) >= 11 is 2.39. The average Bonchev–Trinajstić information content (AvgIpc) is 1.63. The first-order chi connectivity index (χ1) is 55.2. The minimum Gasteiger partial charge on any atom is -0.385 e. The summed E-state index contributed by atoms with van der Waals surface area (Å²) in [4.78, 5) is 0. The zero-order valence-electron chi connectivity index (χ0n) is 71.1. The summed E-state index contributed by atoms with van der Waals surface area (Å²) in [6.07, 6.45) is 69.3. The zero-order valence-corrected chi connectivity index (χ0v) is 78.5. The van der Waals surface area contributed by atoms with Gasteiger partial charge in [0.1, 0.15) is 25.3 Å². The van der Waals surface area contributed by atoms with E-state index in [1.54, 1.807) is 7.11 Å². The highest BCUT2D eigenvalue weighted by atomic mass is 32.3. The first-order valence-electron chi connectivity index (χ1n) is 43.2. The number of likely N-dealkylation sites (N-methyl/N-ethyl adjacent to an activating group) is 5. The van der Waals surface area contributed by atoms with Crippen molar-refractivity contribution in [3.8, 4) is 0 Å². The number of nitrogens with one attached hydrogen (secondary N) is 3. The van der Waals surface area contributed by atoms with E-state index in [2.05, 4.69) is 98.5 Å². The lowest BCUT2D eigenvalue weighted by molar-refractivity contribution is 0.185. The number of allylic oxidation sites excluding steroid dienone is 8. The lowest BCUT2D eigenvalue weighted by Crippen LogP contribution is -2.43. The van der Waals surface area contributed by atoms with Crippen molar-refractivity contribution >= 4 is 113 Å². The predicted octanol–water partition coefficient (Wildman–Crippen LogP) is 20.7. The summed E-state index contributed by atoms with van der Waals surface area (Å²) in [6.45, 7) is 16.1. The van der Waals surface area contributed by atoms with Crippen molar-refractivity contribution in [3.05, 3.63) is 83.5 Å². The van der Waals surface area contributed by atoms with E-state index in [1.165, 1.54) is 218 Å². The van der Waals surface area contributed by atoms with Crippen LogP contribution in [0.4, 0.5) is 0 Å². The quantitative estimate of drug-likeness (QED) is 0.0269. The van der Waals surface area contributed by atoms with Crippen molar-refractivity contribution in [2.75, 3.05) is 73.6 Å². The fourth-order valence-corrected chi connectivity index (χ4v) is 27.5. The van der Waals surface area contributed by atoms with Crippen LogP contribution in [0.2, 0.25) is 0 Å². The van der Waals surface area contributed by atoms with Gasteiger partial charge in [-0.05, 0) is 166 Å². The van der Waals surface area contributed by atoms with Crippen LogP contribution in [-0.4, -0.2) is 156 Å². The van der Waals surface area contributed by atoms with Crippen molar-refractivity contribution < 1.29 is 55.2 Å². The van der Waals surface area contributed by atoms with Gasteiger partial charge in [0.05, 0.1) is 0 Å². The van der Waals surface area contributed by atoms with Gasteiger partial charge in [0.15, 0.2) is 0 Å². The molecule has 0 aromatic carbocycles.